The van der Waals surface area contributed by atoms with E-state index in [2.05, 4.69) is 10.3 Å². The summed E-state index contributed by atoms with van der Waals surface area (Å²) in [5, 5.41) is 19.3. The number of alkyl halides is 1. The molecule has 0 aromatic carbocycles. The standard InChI is InChI=1S/C13H18ClFN2O.C2H6.CH4O/c14-11-8-10(2-1-7-18)9-17-12(11)13(15)3-5-16-6-4-13;2*1-2/h8-9,16,18H,1-7H2;1-2H3;2H,1H3. The molecule has 1 aromatic rings. The lowest BCUT2D eigenvalue weighted by Gasteiger charge is -2.30. The Bertz CT molecular complexity index is 413. The van der Waals surface area contributed by atoms with Gasteiger partial charge >= 0.3 is 0 Å². The molecule has 6 heteroatoms. The van der Waals surface area contributed by atoms with Crippen molar-refractivity contribution in [2.24, 2.45) is 0 Å². The summed E-state index contributed by atoms with van der Waals surface area (Å²) in [7, 11) is 1.00. The van der Waals surface area contributed by atoms with Gasteiger partial charge in [-0.2, -0.15) is 0 Å². The van der Waals surface area contributed by atoms with E-state index in [4.69, 9.17) is 21.8 Å². The van der Waals surface area contributed by atoms with Crippen molar-refractivity contribution in [3.8, 4) is 0 Å². The maximum Gasteiger partial charge on any atom is 0.156 e. The van der Waals surface area contributed by atoms with Crippen molar-refractivity contribution in [2.45, 2.75) is 45.2 Å². The fraction of sp³-hybridized carbons (Fsp3) is 0.688. The number of hydrogen-bond donors (Lipinski definition) is 3. The predicted octanol–water partition coefficient (Wildman–Crippen LogP) is 2.84. The summed E-state index contributed by atoms with van der Waals surface area (Å²) in [6.07, 6.45) is 3.87. The van der Waals surface area contributed by atoms with Gasteiger partial charge < -0.3 is 15.5 Å². The van der Waals surface area contributed by atoms with Crippen LogP contribution in [0.5, 0.6) is 0 Å². The molecule has 0 spiro atoms. The second-order valence-electron chi connectivity index (χ2n) is 4.72. The highest BCUT2D eigenvalue weighted by Crippen LogP contribution is 2.37. The molecule has 0 bridgehead atoms. The van der Waals surface area contributed by atoms with Gasteiger partial charge in [-0.25, -0.2) is 4.39 Å². The Hall–Kier alpha value is -0.750. The second kappa shape index (κ2) is 11.8. The number of aliphatic hydroxyl groups excluding tert-OH is 2. The van der Waals surface area contributed by atoms with Gasteiger partial charge in [0.2, 0.25) is 0 Å². The molecular weight excluding hydrogens is 307 g/mol. The summed E-state index contributed by atoms with van der Waals surface area (Å²) >= 11 is 6.15. The third kappa shape index (κ3) is 6.16. The van der Waals surface area contributed by atoms with Crippen LogP contribution in [0.2, 0.25) is 5.02 Å². The Balaban J connectivity index is 0.00000102. The Morgan fingerprint density at radius 2 is 1.91 bits per heavy atom. The average molecular weight is 335 g/mol. The van der Waals surface area contributed by atoms with Crippen LogP contribution in [0.4, 0.5) is 4.39 Å². The van der Waals surface area contributed by atoms with Crippen molar-refractivity contribution >= 4 is 11.6 Å². The molecule has 0 unspecified atom stereocenters. The molecule has 3 N–H and O–H groups in total. The van der Waals surface area contributed by atoms with Gasteiger partial charge in [-0.1, -0.05) is 25.4 Å². The Kier molecular flexibility index (Phi) is 11.4. The van der Waals surface area contributed by atoms with E-state index < -0.39 is 5.67 Å². The van der Waals surface area contributed by atoms with Gasteiger partial charge in [-0.05, 0) is 50.4 Å². The third-order valence-corrected chi connectivity index (χ3v) is 3.63. The molecule has 1 saturated heterocycles. The Morgan fingerprint density at radius 1 is 1.32 bits per heavy atom. The zero-order valence-electron chi connectivity index (χ0n) is 13.7. The topological polar surface area (TPSA) is 65.4 Å². The van der Waals surface area contributed by atoms with Gasteiger partial charge in [-0.15, -0.1) is 0 Å². The number of piperidine rings is 1. The zero-order chi connectivity index (χ0) is 17.0. The van der Waals surface area contributed by atoms with E-state index in [0.29, 0.717) is 49.5 Å². The van der Waals surface area contributed by atoms with Crippen molar-refractivity contribution < 1.29 is 14.6 Å². The van der Waals surface area contributed by atoms with Crippen LogP contribution in [-0.2, 0) is 12.1 Å². The van der Waals surface area contributed by atoms with Gasteiger partial charge in [0.15, 0.2) is 5.67 Å². The smallest absolute Gasteiger partial charge is 0.156 e. The van der Waals surface area contributed by atoms with Crippen LogP contribution in [0.3, 0.4) is 0 Å². The van der Waals surface area contributed by atoms with Crippen LogP contribution < -0.4 is 5.32 Å². The van der Waals surface area contributed by atoms with E-state index in [1.807, 2.05) is 13.8 Å². The lowest BCUT2D eigenvalue weighted by Crippen LogP contribution is -2.37. The number of hydrogen-bond acceptors (Lipinski definition) is 4. The highest BCUT2D eigenvalue weighted by molar-refractivity contribution is 6.31. The number of aromatic nitrogens is 1. The summed E-state index contributed by atoms with van der Waals surface area (Å²) in [6.45, 7) is 5.44. The predicted molar refractivity (Wildman–Crippen MR) is 89.0 cm³/mol. The molecule has 0 aliphatic carbocycles. The normalized spacial score (nSPS) is 16.0. The molecule has 0 atom stereocenters. The lowest BCUT2D eigenvalue weighted by molar-refractivity contribution is 0.110. The van der Waals surface area contributed by atoms with E-state index in [9.17, 15) is 4.39 Å². The van der Waals surface area contributed by atoms with E-state index >= 15 is 0 Å². The van der Waals surface area contributed by atoms with E-state index in [-0.39, 0.29) is 6.61 Å². The number of rotatable bonds is 4. The molecule has 4 nitrogen and oxygen atoms in total. The molecule has 1 aromatic heterocycles. The first kappa shape index (κ1) is 21.2. The molecule has 0 saturated carbocycles. The zero-order valence-corrected chi connectivity index (χ0v) is 14.5. The fourth-order valence-electron chi connectivity index (χ4n) is 2.29. The average Bonchev–Trinajstić information content (AvgIpc) is 2.57. The summed E-state index contributed by atoms with van der Waals surface area (Å²) < 4.78 is 14.7. The molecule has 0 amide bonds. The van der Waals surface area contributed by atoms with Crippen molar-refractivity contribution in [1.82, 2.24) is 10.3 Å². The monoisotopic (exact) mass is 334 g/mol. The molecule has 2 heterocycles. The minimum absolute atomic E-state index is 0.137. The fourth-order valence-corrected chi connectivity index (χ4v) is 2.65. The minimum atomic E-state index is -1.40. The highest BCUT2D eigenvalue weighted by atomic mass is 35.5. The van der Waals surface area contributed by atoms with Gasteiger partial charge in [0.25, 0.3) is 0 Å². The van der Waals surface area contributed by atoms with Crippen LogP contribution in [-0.4, -0.2) is 42.0 Å². The molecule has 0 radical (unpaired) electrons. The van der Waals surface area contributed by atoms with Crippen molar-refractivity contribution in [3.05, 3.63) is 28.5 Å². The van der Waals surface area contributed by atoms with Crippen molar-refractivity contribution in [3.63, 3.8) is 0 Å². The highest BCUT2D eigenvalue weighted by Gasteiger charge is 2.36. The van der Waals surface area contributed by atoms with Crippen LogP contribution in [0, 0.1) is 0 Å². The first-order valence-electron chi connectivity index (χ1n) is 7.76. The molecule has 1 aliphatic rings. The van der Waals surface area contributed by atoms with Crippen LogP contribution in [0.1, 0.15) is 44.4 Å². The minimum Gasteiger partial charge on any atom is -0.400 e. The number of aryl methyl sites for hydroxylation is 1. The van der Waals surface area contributed by atoms with Crippen LogP contribution >= 0.6 is 11.6 Å². The number of halogens is 2. The Labute approximate surface area is 137 Å². The summed E-state index contributed by atoms with van der Waals surface area (Å²) in [6, 6.07) is 1.77. The molecule has 128 valence electrons. The molecule has 2 rings (SSSR count). The third-order valence-electron chi connectivity index (χ3n) is 3.34. The molecular formula is C16H28ClFN2O2. The Morgan fingerprint density at radius 3 is 2.41 bits per heavy atom. The van der Waals surface area contributed by atoms with Gasteiger partial charge in [0, 0.05) is 19.9 Å². The second-order valence-corrected chi connectivity index (χ2v) is 5.12. The van der Waals surface area contributed by atoms with E-state index in [1.54, 1.807) is 12.3 Å². The number of pyridine rings is 1. The largest absolute Gasteiger partial charge is 0.400 e. The van der Waals surface area contributed by atoms with E-state index in [0.717, 1.165) is 12.7 Å². The van der Waals surface area contributed by atoms with E-state index in [1.165, 1.54) is 0 Å². The number of nitrogens with zero attached hydrogens (tertiary/aromatic N) is 1. The van der Waals surface area contributed by atoms with Crippen LogP contribution in [0.25, 0.3) is 0 Å². The van der Waals surface area contributed by atoms with Gasteiger partial charge in [0.1, 0.15) is 0 Å². The maximum absolute atomic E-state index is 14.7. The summed E-state index contributed by atoms with van der Waals surface area (Å²) in [4.78, 5) is 4.21. The molecule has 1 fully saturated rings. The SMILES string of the molecule is CC.CO.OCCCc1cnc(C2(F)CCNCC2)c(Cl)c1. The summed E-state index contributed by atoms with van der Waals surface area (Å²) in [5.74, 6) is 0. The van der Waals surface area contributed by atoms with Crippen molar-refractivity contribution in [2.75, 3.05) is 26.8 Å². The molecule has 22 heavy (non-hydrogen) atoms. The number of nitrogens with one attached hydrogen (secondary N) is 1. The maximum atomic E-state index is 14.7. The van der Waals surface area contributed by atoms with Crippen molar-refractivity contribution in [1.29, 1.82) is 0 Å². The van der Waals surface area contributed by atoms with Gasteiger partial charge in [0.05, 0.1) is 10.7 Å². The summed E-state index contributed by atoms with van der Waals surface area (Å²) in [5.41, 5.74) is -0.105. The quantitative estimate of drug-likeness (QED) is 0.792. The first-order chi connectivity index (χ1) is 10.7. The van der Waals surface area contributed by atoms with Gasteiger partial charge in [-0.3, -0.25) is 4.98 Å². The lowest BCUT2D eigenvalue weighted by atomic mass is 9.90. The number of aliphatic hydroxyl groups is 2. The van der Waals surface area contributed by atoms with Crippen LogP contribution in [0.15, 0.2) is 12.3 Å². The molecule has 1 aliphatic heterocycles. The first-order valence-corrected chi connectivity index (χ1v) is 8.13.